The van der Waals surface area contributed by atoms with Gasteiger partial charge < -0.3 is 14.5 Å². The minimum Gasteiger partial charge on any atom is -0.495 e. The summed E-state index contributed by atoms with van der Waals surface area (Å²) in [5.74, 6) is 1.79. The number of benzene rings is 2. The molecular weight excluding hydrogens is 398 g/mol. The summed E-state index contributed by atoms with van der Waals surface area (Å²) >= 11 is 1.66. The number of nitrogens with zero attached hydrogens (tertiary/aromatic N) is 1. The number of carbonyl (C=O) groups is 1. The number of hydrogen-bond acceptors (Lipinski definition) is 5. The molecule has 0 bridgehead atoms. The van der Waals surface area contributed by atoms with Gasteiger partial charge in [-0.25, -0.2) is 0 Å². The van der Waals surface area contributed by atoms with E-state index in [0.29, 0.717) is 23.6 Å². The van der Waals surface area contributed by atoms with E-state index in [1.807, 2.05) is 37.3 Å². The summed E-state index contributed by atoms with van der Waals surface area (Å²) in [6, 6.07) is 17.6. The van der Waals surface area contributed by atoms with Gasteiger partial charge >= 0.3 is 0 Å². The highest BCUT2D eigenvalue weighted by Crippen LogP contribution is 2.40. The quantitative estimate of drug-likeness (QED) is 0.407. The number of thiophene rings is 1. The zero-order chi connectivity index (χ0) is 20.7. The molecule has 0 aliphatic rings. The zero-order valence-corrected chi connectivity index (χ0v) is 17.3. The predicted molar refractivity (Wildman–Crippen MR) is 118 cm³/mol. The molecule has 3 heterocycles. The van der Waals surface area contributed by atoms with Gasteiger partial charge in [0.1, 0.15) is 23.0 Å². The fourth-order valence-corrected chi connectivity index (χ4v) is 4.65. The number of ether oxygens (including phenoxy) is 1. The molecule has 0 aliphatic heterocycles. The molecule has 0 saturated heterocycles. The van der Waals surface area contributed by atoms with Crippen LogP contribution in [0.2, 0.25) is 0 Å². The summed E-state index contributed by atoms with van der Waals surface area (Å²) in [5.41, 5.74) is 2.05. The van der Waals surface area contributed by atoms with Crippen LogP contribution >= 0.6 is 11.3 Å². The van der Waals surface area contributed by atoms with Gasteiger partial charge in [0, 0.05) is 4.70 Å². The van der Waals surface area contributed by atoms with Crippen LogP contribution in [0.4, 0.5) is 0 Å². The average Bonchev–Trinajstić information content (AvgIpc) is 3.48. The van der Waals surface area contributed by atoms with Crippen molar-refractivity contribution in [3.63, 3.8) is 0 Å². The van der Waals surface area contributed by atoms with Crippen molar-refractivity contribution in [1.82, 2.24) is 15.5 Å². The summed E-state index contributed by atoms with van der Waals surface area (Å²) < 4.78 is 12.4. The number of aromatic nitrogens is 2. The van der Waals surface area contributed by atoms with Gasteiger partial charge in [-0.2, -0.15) is 5.10 Å². The average molecular weight is 417 g/mol. The molecule has 30 heavy (non-hydrogen) atoms. The van der Waals surface area contributed by atoms with Gasteiger partial charge in [0.25, 0.3) is 5.91 Å². The van der Waals surface area contributed by atoms with Crippen LogP contribution in [0.5, 0.6) is 5.75 Å². The van der Waals surface area contributed by atoms with Gasteiger partial charge in [-0.3, -0.25) is 9.89 Å². The van der Waals surface area contributed by atoms with Crippen molar-refractivity contribution in [2.45, 2.75) is 13.5 Å². The van der Waals surface area contributed by atoms with Gasteiger partial charge in [0.15, 0.2) is 0 Å². The Morgan fingerprint density at radius 1 is 1.20 bits per heavy atom. The van der Waals surface area contributed by atoms with Crippen LogP contribution in [-0.4, -0.2) is 23.2 Å². The number of H-pyrrole nitrogens is 1. The van der Waals surface area contributed by atoms with Crippen LogP contribution in [-0.2, 0) is 6.54 Å². The lowest BCUT2D eigenvalue weighted by Crippen LogP contribution is -2.23. The molecule has 0 unspecified atom stereocenters. The Morgan fingerprint density at radius 3 is 2.83 bits per heavy atom. The predicted octanol–water partition coefficient (Wildman–Crippen LogP) is 5.28. The summed E-state index contributed by atoms with van der Waals surface area (Å²) in [7, 11) is 1.57. The SMILES string of the molecule is COc1c(C(=O)NCc2ccc(C)o2)ccc2[nH]nc(-c3cc4ccccc4s3)c12. The highest BCUT2D eigenvalue weighted by atomic mass is 32.1. The van der Waals surface area contributed by atoms with Crippen LogP contribution in [0.1, 0.15) is 21.9 Å². The van der Waals surface area contributed by atoms with E-state index in [1.165, 1.54) is 4.70 Å². The molecule has 0 saturated carbocycles. The Balaban J connectivity index is 1.55. The van der Waals surface area contributed by atoms with Gasteiger partial charge in [-0.1, -0.05) is 18.2 Å². The maximum atomic E-state index is 12.9. The van der Waals surface area contributed by atoms with Crippen molar-refractivity contribution < 1.29 is 13.9 Å². The molecule has 1 amide bonds. The van der Waals surface area contributed by atoms with Gasteiger partial charge in [0.2, 0.25) is 0 Å². The van der Waals surface area contributed by atoms with E-state index in [9.17, 15) is 4.79 Å². The normalized spacial score (nSPS) is 11.3. The van der Waals surface area contributed by atoms with Gasteiger partial charge in [-0.15, -0.1) is 11.3 Å². The molecule has 5 rings (SSSR count). The third kappa shape index (κ3) is 3.13. The number of aromatic amines is 1. The molecule has 5 aromatic rings. The van der Waals surface area contributed by atoms with Crippen LogP contribution < -0.4 is 10.1 Å². The van der Waals surface area contributed by atoms with Crippen molar-refractivity contribution in [2.24, 2.45) is 0 Å². The lowest BCUT2D eigenvalue weighted by Gasteiger charge is -2.10. The van der Waals surface area contributed by atoms with Crippen molar-refractivity contribution in [2.75, 3.05) is 7.11 Å². The summed E-state index contributed by atoms with van der Waals surface area (Å²) in [4.78, 5) is 13.9. The fraction of sp³-hybridized carbons (Fsp3) is 0.130. The molecule has 0 fully saturated rings. The Hall–Kier alpha value is -3.58. The molecule has 2 N–H and O–H groups in total. The smallest absolute Gasteiger partial charge is 0.255 e. The highest BCUT2D eigenvalue weighted by Gasteiger charge is 2.21. The third-order valence-electron chi connectivity index (χ3n) is 5.01. The largest absolute Gasteiger partial charge is 0.495 e. The van der Waals surface area contributed by atoms with E-state index < -0.39 is 0 Å². The third-order valence-corrected chi connectivity index (χ3v) is 6.13. The number of aryl methyl sites for hydroxylation is 1. The second-order valence-electron chi connectivity index (χ2n) is 6.98. The summed E-state index contributed by atoms with van der Waals surface area (Å²) in [6.45, 7) is 2.18. The monoisotopic (exact) mass is 417 g/mol. The van der Waals surface area contributed by atoms with Crippen molar-refractivity contribution in [1.29, 1.82) is 0 Å². The maximum absolute atomic E-state index is 12.9. The first kappa shape index (κ1) is 18.4. The number of hydrogen-bond donors (Lipinski definition) is 2. The fourth-order valence-electron chi connectivity index (χ4n) is 3.59. The van der Waals surface area contributed by atoms with Gasteiger partial charge in [0.05, 0.1) is 35.0 Å². The number of amides is 1. The van der Waals surface area contributed by atoms with E-state index in [-0.39, 0.29) is 5.91 Å². The van der Waals surface area contributed by atoms with E-state index in [1.54, 1.807) is 24.5 Å². The van der Waals surface area contributed by atoms with Crippen molar-refractivity contribution >= 4 is 38.2 Å². The molecule has 3 aromatic heterocycles. The topological polar surface area (TPSA) is 80.1 Å². The first-order valence-electron chi connectivity index (χ1n) is 9.51. The van der Waals surface area contributed by atoms with Crippen LogP contribution in [0.3, 0.4) is 0 Å². The van der Waals surface area contributed by atoms with Gasteiger partial charge in [-0.05, 0) is 48.7 Å². The summed E-state index contributed by atoms with van der Waals surface area (Å²) in [5, 5.41) is 12.4. The van der Waals surface area contributed by atoms with E-state index in [0.717, 1.165) is 32.6 Å². The van der Waals surface area contributed by atoms with Crippen LogP contribution in [0.25, 0.3) is 31.6 Å². The molecule has 0 atom stereocenters. The van der Waals surface area contributed by atoms with E-state index >= 15 is 0 Å². The first-order chi connectivity index (χ1) is 14.6. The molecular formula is C23H19N3O3S. The number of fused-ring (bicyclic) bond motifs is 2. The number of carbonyl (C=O) groups excluding carboxylic acids is 1. The Bertz CT molecular complexity index is 1350. The minimum atomic E-state index is -0.230. The van der Waals surface area contributed by atoms with Crippen molar-refractivity contribution in [3.05, 3.63) is 71.7 Å². The lowest BCUT2D eigenvalue weighted by atomic mass is 10.1. The molecule has 0 aliphatic carbocycles. The van der Waals surface area contributed by atoms with E-state index in [2.05, 4.69) is 33.7 Å². The van der Waals surface area contributed by atoms with E-state index in [4.69, 9.17) is 9.15 Å². The second kappa shape index (κ2) is 7.35. The highest BCUT2D eigenvalue weighted by molar-refractivity contribution is 7.22. The molecule has 150 valence electrons. The standard InChI is InChI=1S/C23H19N3O3S/c1-13-7-8-15(29-13)12-24-23(27)16-9-10-17-20(22(16)28-2)21(26-25-17)19-11-14-5-3-4-6-18(14)30-19/h3-11H,12H2,1-2H3,(H,24,27)(H,25,26). The Morgan fingerprint density at radius 2 is 2.07 bits per heavy atom. The molecule has 6 nitrogen and oxygen atoms in total. The number of furan rings is 1. The lowest BCUT2D eigenvalue weighted by molar-refractivity contribution is 0.0945. The molecule has 0 radical (unpaired) electrons. The first-order valence-corrected chi connectivity index (χ1v) is 10.3. The number of rotatable bonds is 5. The van der Waals surface area contributed by atoms with Crippen LogP contribution in [0, 0.1) is 6.92 Å². The second-order valence-corrected chi connectivity index (χ2v) is 8.07. The van der Waals surface area contributed by atoms with Crippen molar-refractivity contribution in [3.8, 4) is 16.3 Å². The zero-order valence-electron chi connectivity index (χ0n) is 16.5. The Kier molecular flexibility index (Phi) is 4.52. The summed E-state index contributed by atoms with van der Waals surface area (Å²) in [6.07, 6.45) is 0. The Labute approximate surface area is 176 Å². The number of methoxy groups -OCH3 is 1. The molecule has 2 aromatic carbocycles. The van der Waals surface area contributed by atoms with Crippen LogP contribution in [0.15, 0.2) is 59.0 Å². The molecule has 0 spiro atoms. The minimum absolute atomic E-state index is 0.230. The molecule has 7 heteroatoms. The maximum Gasteiger partial charge on any atom is 0.255 e. The number of nitrogens with one attached hydrogen (secondary N) is 2.